The predicted octanol–water partition coefficient (Wildman–Crippen LogP) is 13.8. The molecular weight excluding hydrogens is 679 g/mol. The number of hydrogen-bond donors (Lipinski definition) is 0. The molecule has 262 valence electrons. The first kappa shape index (κ1) is 33.1. The summed E-state index contributed by atoms with van der Waals surface area (Å²) in [5, 5.41) is 4.86. The van der Waals surface area contributed by atoms with Crippen LogP contribution in [0.4, 0.5) is 0 Å². The molecule has 1 aromatic heterocycles. The average molecular weight is 714 g/mol. The summed E-state index contributed by atoms with van der Waals surface area (Å²) in [7, 11) is 0. The van der Waals surface area contributed by atoms with Gasteiger partial charge < -0.3 is 0 Å². The lowest BCUT2D eigenvalue weighted by molar-refractivity contribution is 1.07. The smallest absolute Gasteiger partial charge is 0.164 e. The van der Waals surface area contributed by atoms with Gasteiger partial charge in [0.15, 0.2) is 17.5 Å². The van der Waals surface area contributed by atoms with Crippen molar-refractivity contribution in [1.29, 1.82) is 0 Å². The number of rotatable bonds is 7. The summed E-state index contributed by atoms with van der Waals surface area (Å²) in [5.74, 6) is 1.94. The van der Waals surface area contributed by atoms with Crippen LogP contribution in [0.5, 0.6) is 0 Å². The number of aromatic nitrogens is 3. The summed E-state index contributed by atoms with van der Waals surface area (Å²) in [6.45, 7) is 0. The molecule has 0 amide bonds. The van der Waals surface area contributed by atoms with Crippen molar-refractivity contribution >= 4 is 21.5 Å². The molecule has 0 bridgehead atoms. The van der Waals surface area contributed by atoms with Crippen molar-refractivity contribution in [2.45, 2.75) is 0 Å². The van der Waals surface area contributed by atoms with Gasteiger partial charge in [-0.3, -0.25) is 0 Å². The fourth-order valence-corrected chi connectivity index (χ4v) is 7.88. The Balaban J connectivity index is 1.10. The third-order valence-electron chi connectivity index (χ3n) is 10.6. The Hall–Kier alpha value is -7.49. The van der Waals surface area contributed by atoms with E-state index < -0.39 is 0 Å². The number of fused-ring (bicyclic) bond motifs is 2. The average Bonchev–Trinajstić information content (AvgIpc) is 3.29. The Morgan fingerprint density at radius 3 is 0.982 bits per heavy atom. The van der Waals surface area contributed by atoms with Crippen molar-refractivity contribution in [3.8, 4) is 78.7 Å². The molecule has 3 heteroatoms. The zero-order valence-corrected chi connectivity index (χ0v) is 30.5. The summed E-state index contributed by atoms with van der Waals surface area (Å²) in [4.78, 5) is 14.8. The minimum absolute atomic E-state index is 0.641. The number of hydrogen-bond acceptors (Lipinski definition) is 3. The quantitative estimate of drug-likeness (QED) is 0.154. The van der Waals surface area contributed by atoms with Crippen LogP contribution in [0.25, 0.3) is 100 Å². The first-order chi connectivity index (χ1) is 27.8. The Kier molecular flexibility index (Phi) is 8.51. The number of benzene rings is 9. The zero-order chi connectivity index (χ0) is 37.3. The molecule has 0 saturated heterocycles. The van der Waals surface area contributed by atoms with Crippen LogP contribution in [0.1, 0.15) is 0 Å². The lowest BCUT2D eigenvalue weighted by atomic mass is 9.83. The van der Waals surface area contributed by atoms with Crippen molar-refractivity contribution in [3.63, 3.8) is 0 Å². The van der Waals surface area contributed by atoms with E-state index in [1.54, 1.807) is 0 Å². The van der Waals surface area contributed by atoms with Gasteiger partial charge >= 0.3 is 0 Å². The zero-order valence-electron chi connectivity index (χ0n) is 30.5. The van der Waals surface area contributed by atoms with Crippen LogP contribution < -0.4 is 0 Å². The van der Waals surface area contributed by atoms with E-state index >= 15 is 0 Å². The van der Waals surface area contributed by atoms with Gasteiger partial charge in [-0.25, -0.2) is 15.0 Å². The molecule has 0 atom stereocenters. The summed E-state index contributed by atoms with van der Waals surface area (Å²) < 4.78 is 0. The van der Waals surface area contributed by atoms with Crippen LogP contribution in [0.2, 0.25) is 0 Å². The van der Waals surface area contributed by atoms with Crippen molar-refractivity contribution in [1.82, 2.24) is 15.0 Å². The maximum atomic E-state index is 4.98. The van der Waals surface area contributed by atoms with Gasteiger partial charge in [0.1, 0.15) is 0 Å². The van der Waals surface area contributed by atoms with Crippen LogP contribution in [-0.4, -0.2) is 15.0 Å². The normalized spacial score (nSPS) is 11.2. The lowest BCUT2D eigenvalue weighted by Crippen LogP contribution is -2.00. The third kappa shape index (κ3) is 6.12. The maximum absolute atomic E-state index is 4.98. The largest absolute Gasteiger partial charge is 0.208 e. The van der Waals surface area contributed by atoms with Crippen LogP contribution in [0.3, 0.4) is 0 Å². The van der Waals surface area contributed by atoms with E-state index in [1.807, 2.05) is 60.7 Å². The van der Waals surface area contributed by atoms with E-state index in [1.165, 1.54) is 60.5 Å². The molecule has 0 unspecified atom stereocenters. The summed E-state index contributed by atoms with van der Waals surface area (Å²) >= 11 is 0. The molecule has 56 heavy (non-hydrogen) atoms. The van der Waals surface area contributed by atoms with E-state index in [2.05, 4.69) is 152 Å². The van der Waals surface area contributed by atoms with Crippen molar-refractivity contribution in [2.75, 3.05) is 0 Å². The predicted molar refractivity (Wildman–Crippen MR) is 233 cm³/mol. The monoisotopic (exact) mass is 713 g/mol. The molecule has 0 aliphatic heterocycles. The molecule has 3 nitrogen and oxygen atoms in total. The van der Waals surface area contributed by atoms with Crippen molar-refractivity contribution in [3.05, 3.63) is 212 Å². The molecule has 0 spiro atoms. The molecule has 9 aromatic carbocycles. The molecule has 1 heterocycles. The van der Waals surface area contributed by atoms with Gasteiger partial charge in [-0.1, -0.05) is 212 Å². The van der Waals surface area contributed by atoms with Crippen molar-refractivity contribution < 1.29 is 0 Å². The van der Waals surface area contributed by atoms with Crippen LogP contribution >= 0.6 is 0 Å². The maximum Gasteiger partial charge on any atom is 0.164 e. The third-order valence-corrected chi connectivity index (χ3v) is 10.6. The topological polar surface area (TPSA) is 38.7 Å². The fourth-order valence-electron chi connectivity index (χ4n) is 7.88. The summed E-state index contributed by atoms with van der Waals surface area (Å²) in [6, 6.07) is 74.9. The number of nitrogens with zero attached hydrogens (tertiary/aromatic N) is 3. The Morgan fingerprint density at radius 1 is 0.196 bits per heavy atom. The molecule has 0 aliphatic rings. The fraction of sp³-hybridized carbons (Fsp3) is 0. The minimum Gasteiger partial charge on any atom is -0.208 e. The standard InChI is InChI=1S/C53H35N3/c1-4-16-36(17-5-1)37-28-30-38(31-29-37)43-22-10-11-23-44(43)50-47-26-14-12-24-45(47)49(46-25-13-15-27-48(46)50)39-32-34-42(35-33-39)53-55-51(40-18-6-2-7-19-40)54-52(56-53)41-20-8-3-9-21-41/h1-35H. The lowest BCUT2D eigenvalue weighted by Gasteiger charge is -2.20. The molecular formula is C53H35N3. The van der Waals surface area contributed by atoms with E-state index in [-0.39, 0.29) is 0 Å². The molecule has 0 aliphatic carbocycles. The van der Waals surface area contributed by atoms with E-state index in [0.717, 1.165) is 22.3 Å². The first-order valence-electron chi connectivity index (χ1n) is 18.9. The van der Waals surface area contributed by atoms with Gasteiger partial charge in [0.05, 0.1) is 0 Å². The molecule has 0 radical (unpaired) electrons. The van der Waals surface area contributed by atoms with Crippen LogP contribution in [0.15, 0.2) is 212 Å². The Morgan fingerprint density at radius 2 is 0.500 bits per heavy atom. The van der Waals surface area contributed by atoms with E-state index in [9.17, 15) is 0 Å². The van der Waals surface area contributed by atoms with Crippen LogP contribution in [0, 0.1) is 0 Å². The van der Waals surface area contributed by atoms with Gasteiger partial charge in [0.2, 0.25) is 0 Å². The van der Waals surface area contributed by atoms with Gasteiger partial charge in [-0.2, -0.15) is 0 Å². The second-order valence-corrected chi connectivity index (χ2v) is 13.9. The summed E-state index contributed by atoms with van der Waals surface area (Å²) in [6.07, 6.45) is 0. The van der Waals surface area contributed by atoms with Gasteiger partial charge in [0, 0.05) is 16.7 Å². The highest BCUT2D eigenvalue weighted by molar-refractivity contribution is 6.22. The Labute approximate surface area is 326 Å². The molecule has 0 N–H and O–H groups in total. The van der Waals surface area contributed by atoms with E-state index in [4.69, 9.17) is 15.0 Å². The molecule has 10 rings (SSSR count). The first-order valence-corrected chi connectivity index (χ1v) is 18.9. The van der Waals surface area contributed by atoms with Gasteiger partial charge in [-0.15, -0.1) is 0 Å². The van der Waals surface area contributed by atoms with Gasteiger partial charge in [-0.05, 0) is 66.1 Å². The Bertz CT molecular complexity index is 2860. The van der Waals surface area contributed by atoms with Crippen molar-refractivity contribution in [2.24, 2.45) is 0 Å². The molecule has 0 saturated carbocycles. The minimum atomic E-state index is 0.641. The highest BCUT2D eigenvalue weighted by Crippen LogP contribution is 2.46. The second kappa shape index (κ2) is 14.4. The SMILES string of the molecule is c1ccc(-c2ccc(-c3ccccc3-c3c4ccccc4c(-c4ccc(-c5nc(-c6ccccc6)nc(-c6ccccc6)n5)cc4)c4ccccc34)cc2)cc1. The van der Waals surface area contributed by atoms with Crippen LogP contribution in [-0.2, 0) is 0 Å². The highest BCUT2D eigenvalue weighted by atomic mass is 15.0. The molecule has 0 fully saturated rings. The van der Waals surface area contributed by atoms with E-state index in [0.29, 0.717) is 17.5 Å². The highest BCUT2D eigenvalue weighted by Gasteiger charge is 2.19. The molecule has 10 aromatic rings. The summed E-state index contributed by atoms with van der Waals surface area (Å²) in [5.41, 5.74) is 12.5. The second-order valence-electron chi connectivity index (χ2n) is 13.9. The van der Waals surface area contributed by atoms with Gasteiger partial charge in [0.25, 0.3) is 0 Å².